The lowest BCUT2D eigenvalue weighted by atomic mass is 10.0. The Morgan fingerprint density at radius 1 is 1.00 bits per heavy atom. The smallest absolute Gasteiger partial charge is 0.305 e. The molecule has 8 heteroatoms. The summed E-state index contributed by atoms with van der Waals surface area (Å²) >= 11 is 0. The molecule has 3 N–H and O–H groups in total. The molecular weight excluding hydrogens is 536 g/mol. The van der Waals surface area contributed by atoms with Crippen LogP contribution in [0.2, 0.25) is 0 Å². The Kier molecular flexibility index (Phi) is 11.2. The summed E-state index contributed by atoms with van der Waals surface area (Å²) in [5.74, 6) is 0.744. The number of carbonyl (C=O) groups excluding carboxylic acids is 1. The van der Waals surface area contributed by atoms with Gasteiger partial charge in [0, 0.05) is 30.7 Å². The second-order valence-corrected chi connectivity index (χ2v) is 11.7. The molecule has 43 heavy (non-hydrogen) atoms. The van der Waals surface area contributed by atoms with E-state index in [1.54, 1.807) is 6.33 Å². The van der Waals surface area contributed by atoms with Crippen LogP contribution in [0.1, 0.15) is 75.5 Å². The van der Waals surface area contributed by atoms with Gasteiger partial charge in [-0.2, -0.15) is 0 Å². The molecule has 3 heterocycles. The molecule has 1 unspecified atom stereocenters. The van der Waals surface area contributed by atoms with Gasteiger partial charge in [0.2, 0.25) is 0 Å². The molecule has 228 valence electrons. The van der Waals surface area contributed by atoms with E-state index in [1.165, 1.54) is 50.3 Å². The molecule has 8 nitrogen and oxygen atoms in total. The zero-order chi connectivity index (χ0) is 29.9. The van der Waals surface area contributed by atoms with Crippen molar-refractivity contribution < 1.29 is 9.53 Å². The molecule has 0 spiro atoms. The van der Waals surface area contributed by atoms with E-state index in [2.05, 4.69) is 92.0 Å². The zero-order valence-corrected chi connectivity index (χ0v) is 25.6. The van der Waals surface area contributed by atoms with Gasteiger partial charge in [-0.25, -0.2) is 9.97 Å². The number of ether oxygens (including phenoxy) is 1. The van der Waals surface area contributed by atoms with Crippen LogP contribution in [0.4, 0.5) is 5.82 Å². The Bertz CT molecular complexity index is 1410. The number of nitrogens with one attached hydrogen (secondary N) is 3. The number of rotatable bonds is 15. The number of H-pyrrole nitrogens is 1. The largest absolute Gasteiger partial charge is 0.469 e. The van der Waals surface area contributed by atoms with E-state index in [1.807, 2.05) is 6.07 Å². The predicted molar refractivity (Wildman–Crippen MR) is 174 cm³/mol. The SMILES string of the molecule is COC(=O)CCCCCCCNC1CCN(Cc2ccc(-c3cc4c(NC(C)c5ccccc5)ncnc4[nH]3)cc2)CC1. The summed E-state index contributed by atoms with van der Waals surface area (Å²) in [7, 11) is 1.46. The molecule has 0 amide bonds. The van der Waals surface area contributed by atoms with Crippen LogP contribution in [-0.4, -0.2) is 58.6 Å². The number of likely N-dealkylation sites (tertiary alicyclic amines) is 1. The number of unbranched alkanes of at least 4 members (excludes halogenated alkanes) is 4. The normalized spacial score (nSPS) is 15.0. The number of nitrogens with zero attached hydrogens (tertiary/aromatic N) is 3. The minimum atomic E-state index is -0.0947. The van der Waals surface area contributed by atoms with Gasteiger partial charge in [0.25, 0.3) is 0 Å². The number of methoxy groups -OCH3 is 1. The fraction of sp³-hybridized carbons (Fsp3) is 0.457. The lowest BCUT2D eigenvalue weighted by Crippen LogP contribution is -2.42. The molecule has 1 fully saturated rings. The number of carbonyl (C=O) groups is 1. The first-order valence-electron chi connectivity index (χ1n) is 15.9. The van der Waals surface area contributed by atoms with Crippen molar-refractivity contribution in [3.05, 3.63) is 78.1 Å². The first kappa shape index (κ1) is 30.7. The molecule has 0 aliphatic carbocycles. The molecule has 1 aliphatic rings. The van der Waals surface area contributed by atoms with E-state index in [0.29, 0.717) is 12.5 Å². The van der Waals surface area contributed by atoms with Crippen LogP contribution in [0.15, 0.2) is 67.0 Å². The molecule has 1 aliphatic heterocycles. The second-order valence-electron chi connectivity index (χ2n) is 11.7. The van der Waals surface area contributed by atoms with Crippen molar-refractivity contribution in [2.45, 2.75) is 76.9 Å². The third kappa shape index (κ3) is 8.88. The average molecular weight is 583 g/mol. The average Bonchev–Trinajstić information content (AvgIpc) is 3.49. The van der Waals surface area contributed by atoms with Crippen molar-refractivity contribution in [3.8, 4) is 11.3 Å². The van der Waals surface area contributed by atoms with E-state index < -0.39 is 0 Å². The Balaban J connectivity index is 1.05. The Labute approximate surface area is 255 Å². The first-order valence-corrected chi connectivity index (χ1v) is 15.9. The van der Waals surface area contributed by atoms with E-state index in [4.69, 9.17) is 4.74 Å². The Morgan fingerprint density at radius 2 is 1.74 bits per heavy atom. The van der Waals surface area contributed by atoms with Gasteiger partial charge in [-0.3, -0.25) is 9.69 Å². The van der Waals surface area contributed by atoms with E-state index in [-0.39, 0.29) is 12.0 Å². The van der Waals surface area contributed by atoms with Gasteiger partial charge in [0.15, 0.2) is 0 Å². The van der Waals surface area contributed by atoms with Crippen molar-refractivity contribution in [3.63, 3.8) is 0 Å². The molecule has 1 atom stereocenters. The minimum Gasteiger partial charge on any atom is -0.469 e. The quantitative estimate of drug-likeness (QED) is 0.104. The molecule has 5 rings (SSSR count). The van der Waals surface area contributed by atoms with Gasteiger partial charge >= 0.3 is 5.97 Å². The summed E-state index contributed by atoms with van der Waals surface area (Å²) in [5.41, 5.74) is 5.60. The highest BCUT2D eigenvalue weighted by molar-refractivity contribution is 5.91. The Hall–Kier alpha value is -3.75. The summed E-state index contributed by atoms with van der Waals surface area (Å²) in [6.07, 6.45) is 10.2. The lowest BCUT2D eigenvalue weighted by molar-refractivity contribution is -0.140. The maximum atomic E-state index is 11.2. The minimum absolute atomic E-state index is 0.0947. The molecule has 1 saturated heterocycles. The fourth-order valence-electron chi connectivity index (χ4n) is 5.92. The van der Waals surface area contributed by atoms with Crippen LogP contribution >= 0.6 is 0 Å². The zero-order valence-electron chi connectivity index (χ0n) is 25.6. The highest BCUT2D eigenvalue weighted by Crippen LogP contribution is 2.29. The van der Waals surface area contributed by atoms with Gasteiger partial charge in [0.1, 0.15) is 17.8 Å². The van der Waals surface area contributed by atoms with Crippen LogP contribution in [0.5, 0.6) is 0 Å². The molecule has 0 saturated carbocycles. The standard InChI is InChI=1S/C35H46N6O2/c1-26(28-11-7-6-8-12-28)39-34-31-23-32(40-35(31)38-25-37-34)29-16-14-27(15-17-29)24-41-21-18-30(19-22-41)36-20-10-5-3-4-9-13-33(42)43-2/h6-8,11-12,14-17,23,25-26,30,36H,3-5,9-10,13,18-22,24H2,1-2H3,(H2,37,38,39,40). The highest BCUT2D eigenvalue weighted by atomic mass is 16.5. The van der Waals surface area contributed by atoms with Crippen LogP contribution in [0.3, 0.4) is 0 Å². The number of fused-ring (bicyclic) bond motifs is 1. The maximum Gasteiger partial charge on any atom is 0.305 e. The van der Waals surface area contributed by atoms with Gasteiger partial charge in [-0.05, 0) is 75.0 Å². The maximum absolute atomic E-state index is 11.2. The molecule has 2 aromatic carbocycles. The van der Waals surface area contributed by atoms with E-state index in [0.717, 1.165) is 67.1 Å². The third-order valence-electron chi connectivity index (χ3n) is 8.56. The lowest BCUT2D eigenvalue weighted by Gasteiger charge is -2.32. The topological polar surface area (TPSA) is 95.2 Å². The summed E-state index contributed by atoms with van der Waals surface area (Å²) < 4.78 is 4.70. The van der Waals surface area contributed by atoms with Gasteiger partial charge in [0.05, 0.1) is 12.5 Å². The fourth-order valence-corrected chi connectivity index (χ4v) is 5.92. The van der Waals surface area contributed by atoms with Crippen molar-refractivity contribution in [2.75, 3.05) is 32.1 Å². The number of hydrogen-bond acceptors (Lipinski definition) is 7. The number of hydrogen-bond donors (Lipinski definition) is 3. The number of piperidine rings is 1. The van der Waals surface area contributed by atoms with Crippen LogP contribution < -0.4 is 10.6 Å². The van der Waals surface area contributed by atoms with Crippen LogP contribution in [-0.2, 0) is 16.1 Å². The van der Waals surface area contributed by atoms with Crippen LogP contribution in [0, 0.1) is 0 Å². The van der Waals surface area contributed by atoms with E-state index in [9.17, 15) is 4.79 Å². The van der Waals surface area contributed by atoms with Crippen molar-refractivity contribution >= 4 is 22.8 Å². The predicted octanol–water partition coefficient (Wildman–Crippen LogP) is 6.87. The van der Waals surface area contributed by atoms with Crippen molar-refractivity contribution in [1.29, 1.82) is 0 Å². The molecule has 2 aromatic heterocycles. The number of benzene rings is 2. The van der Waals surface area contributed by atoms with E-state index >= 15 is 0 Å². The molecular formula is C35H46N6O2. The number of anilines is 1. The first-order chi connectivity index (χ1) is 21.1. The monoisotopic (exact) mass is 582 g/mol. The van der Waals surface area contributed by atoms with Gasteiger partial charge in [-0.15, -0.1) is 0 Å². The third-order valence-corrected chi connectivity index (χ3v) is 8.56. The number of esters is 1. The summed E-state index contributed by atoms with van der Waals surface area (Å²) in [4.78, 5) is 26.2. The van der Waals surface area contributed by atoms with Gasteiger partial charge < -0.3 is 20.4 Å². The summed E-state index contributed by atoms with van der Waals surface area (Å²) in [6.45, 7) is 6.49. The van der Waals surface area contributed by atoms with Crippen molar-refractivity contribution in [1.82, 2.24) is 25.2 Å². The molecule has 0 radical (unpaired) electrons. The van der Waals surface area contributed by atoms with Crippen LogP contribution in [0.25, 0.3) is 22.3 Å². The highest BCUT2D eigenvalue weighted by Gasteiger charge is 2.19. The summed E-state index contributed by atoms with van der Waals surface area (Å²) in [6, 6.07) is 22.2. The Morgan fingerprint density at radius 3 is 2.51 bits per heavy atom. The summed E-state index contributed by atoms with van der Waals surface area (Å²) in [5, 5.41) is 8.32. The second kappa shape index (κ2) is 15.6. The van der Waals surface area contributed by atoms with Gasteiger partial charge in [-0.1, -0.05) is 73.9 Å². The number of aromatic amines is 1. The number of aromatic nitrogens is 3. The van der Waals surface area contributed by atoms with Crippen molar-refractivity contribution in [2.24, 2.45) is 0 Å². The molecule has 4 aromatic rings. The molecule has 0 bridgehead atoms.